The Labute approximate surface area is 169 Å². The van der Waals surface area contributed by atoms with Crippen LogP contribution in [0, 0.1) is 24.5 Å². The number of halogens is 2. The average molecular weight is 403 g/mol. The van der Waals surface area contributed by atoms with Crippen LogP contribution in [0.3, 0.4) is 0 Å². The highest BCUT2D eigenvalue weighted by molar-refractivity contribution is 5.94. The van der Waals surface area contributed by atoms with E-state index in [1.807, 2.05) is 32.0 Å². The van der Waals surface area contributed by atoms with Crippen LogP contribution in [0.2, 0.25) is 0 Å². The maximum absolute atomic E-state index is 13.3. The molecule has 1 heterocycles. The maximum atomic E-state index is 13.3. The summed E-state index contributed by atoms with van der Waals surface area (Å²) in [5.41, 5.74) is 0.134. The normalized spacial score (nSPS) is 18.9. The molecule has 0 bridgehead atoms. The van der Waals surface area contributed by atoms with Crippen molar-refractivity contribution in [3.8, 4) is 0 Å². The van der Waals surface area contributed by atoms with E-state index in [0.29, 0.717) is 18.5 Å². The van der Waals surface area contributed by atoms with Crippen molar-refractivity contribution < 1.29 is 13.6 Å². The maximum Gasteiger partial charge on any atom is 0.251 e. The summed E-state index contributed by atoms with van der Waals surface area (Å²) in [6.45, 7) is 2.41. The number of anilines is 2. The first-order chi connectivity index (χ1) is 13.8. The number of aryl methyl sites for hydroxylation is 1. The van der Waals surface area contributed by atoms with Gasteiger partial charge in [-0.3, -0.25) is 4.79 Å². The summed E-state index contributed by atoms with van der Waals surface area (Å²) in [6.07, 6.45) is 3.90. The molecule has 0 unspecified atom stereocenters. The fourth-order valence-corrected chi connectivity index (χ4v) is 3.55. The minimum absolute atomic E-state index is 0.134. The van der Waals surface area contributed by atoms with Crippen LogP contribution < -0.4 is 15.5 Å². The minimum Gasteiger partial charge on any atom is -0.367 e. The highest BCUT2D eigenvalue weighted by atomic mass is 19.2. The largest absolute Gasteiger partial charge is 0.367 e. The van der Waals surface area contributed by atoms with E-state index in [9.17, 15) is 13.6 Å². The van der Waals surface area contributed by atoms with Crippen LogP contribution in [0.4, 0.5) is 20.4 Å². The van der Waals surface area contributed by atoms with Crippen LogP contribution in [-0.2, 0) is 0 Å². The van der Waals surface area contributed by atoms with Crippen molar-refractivity contribution in [2.24, 2.45) is 5.92 Å². The third-order valence-corrected chi connectivity index (χ3v) is 5.21. The molecule has 0 atom stereocenters. The standard InChI is InChI=1S/C21H27F2N5O/c1-13-25-19(11-20(26-13)28(2)3)27-16-7-4-14(5-8-16)12-24-21(29)15-6-9-17(22)18(23)10-15/h6,9-11,14,16H,4-5,7-8,12H2,1-3H3,(H,24,29)(H,25,26,27)/t14-,16+. The number of amides is 1. The minimum atomic E-state index is -1.01. The van der Waals surface area contributed by atoms with Crippen LogP contribution in [0.25, 0.3) is 0 Å². The van der Waals surface area contributed by atoms with Gasteiger partial charge in [0, 0.05) is 38.3 Å². The molecular formula is C21H27F2N5O. The van der Waals surface area contributed by atoms with Gasteiger partial charge in [0.25, 0.3) is 5.91 Å². The summed E-state index contributed by atoms with van der Waals surface area (Å²) in [7, 11) is 3.90. The molecule has 1 aliphatic rings. The number of nitrogens with zero attached hydrogens (tertiary/aromatic N) is 3. The SMILES string of the molecule is Cc1nc(N[C@H]2CC[C@@H](CNC(=O)c3ccc(F)c(F)c3)CC2)cc(N(C)C)n1. The monoisotopic (exact) mass is 403 g/mol. The van der Waals surface area contributed by atoms with Crippen molar-refractivity contribution in [3.63, 3.8) is 0 Å². The highest BCUT2D eigenvalue weighted by Crippen LogP contribution is 2.26. The summed E-state index contributed by atoms with van der Waals surface area (Å²) in [5, 5.41) is 6.33. The molecule has 1 amide bonds. The third-order valence-electron chi connectivity index (χ3n) is 5.21. The first-order valence-corrected chi connectivity index (χ1v) is 9.84. The molecule has 8 heteroatoms. The molecule has 1 saturated carbocycles. The zero-order valence-electron chi connectivity index (χ0n) is 17.0. The Morgan fingerprint density at radius 1 is 1.10 bits per heavy atom. The third kappa shape index (κ3) is 5.62. The number of aromatic nitrogens is 2. The van der Waals surface area contributed by atoms with E-state index >= 15 is 0 Å². The van der Waals surface area contributed by atoms with Gasteiger partial charge in [-0.2, -0.15) is 0 Å². The molecule has 1 fully saturated rings. The Bertz CT molecular complexity index is 866. The summed E-state index contributed by atoms with van der Waals surface area (Å²) >= 11 is 0. The van der Waals surface area contributed by atoms with Crippen molar-refractivity contribution in [1.82, 2.24) is 15.3 Å². The molecular weight excluding hydrogens is 376 g/mol. The molecule has 2 aromatic rings. The van der Waals surface area contributed by atoms with Crippen molar-refractivity contribution in [2.45, 2.75) is 38.6 Å². The van der Waals surface area contributed by atoms with Crippen LogP contribution in [0.15, 0.2) is 24.3 Å². The molecule has 0 spiro atoms. The predicted octanol–water partition coefficient (Wildman–Crippen LogP) is 3.53. The van der Waals surface area contributed by atoms with Gasteiger partial charge >= 0.3 is 0 Å². The summed E-state index contributed by atoms with van der Waals surface area (Å²) in [6, 6.07) is 5.47. The van der Waals surface area contributed by atoms with E-state index in [1.54, 1.807) is 0 Å². The van der Waals surface area contributed by atoms with Crippen molar-refractivity contribution >= 4 is 17.5 Å². The number of hydrogen-bond donors (Lipinski definition) is 2. The highest BCUT2D eigenvalue weighted by Gasteiger charge is 2.22. The van der Waals surface area contributed by atoms with Gasteiger partial charge in [-0.1, -0.05) is 0 Å². The fourth-order valence-electron chi connectivity index (χ4n) is 3.55. The fraction of sp³-hybridized carbons (Fsp3) is 0.476. The lowest BCUT2D eigenvalue weighted by molar-refractivity contribution is 0.0942. The summed E-state index contributed by atoms with van der Waals surface area (Å²) < 4.78 is 26.3. The van der Waals surface area contributed by atoms with E-state index in [1.165, 1.54) is 6.07 Å². The van der Waals surface area contributed by atoms with Gasteiger partial charge in [0.15, 0.2) is 11.6 Å². The molecule has 1 aliphatic carbocycles. The Morgan fingerprint density at radius 3 is 2.48 bits per heavy atom. The second kappa shape index (κ2) is 9.15. The number of hydrogen-bond acceptors (Lipinski definition) is 5. The van der Waals surface area contributed by atoms with Gasteiger partial charge in [-0.05, 0) is 56.7 Å². The van der Waals surface area contributed by atoms with Crippen LogP contribution >= 0.6 is 0 Å². The summed E-state index contributed by atoms with van der Waals surface area (Å²) in [4.78, 5) is 23.0. The van der Waals surface area contributed by atoms with Crippen molar-refractivity contribution in [2.75, 3.05) is 30.9 Å². The van der Waals surface area contributed by atoms with Gasteiger partial charge in [-0.15, -0.1) is 0 Å². The smallest absolute Gasteiger partial charge is 0.251 e. The Kier molecular flexibility index (Phi) is 6.61. The second-order valence-corrected chi connectivity index (χ2v) is 7.75. The lowest BCUT2D eigenvalue weighted by Gasteiger charge is -2.29. The van der Waals surface area contributed by atoms with Crippen molar-refractivity contribution in [1.29, 1.82) is 0 Å². The van der Waals surface area contributed by atoms with Crippen molar-refractivity contribution in [3.05, 3.63) is 47.3 Å². The molecule has 29 heavy (non-hydrogen) atoms. The zero-order valence-corrected chi connectivity index (χ0v) is 17.0. The Balaban J connectivity index is 1.47. The average Bonchev–Trinajstić information content (AvgIpc) is 2.69. The Morgan fingerprint density at radius 2 is 1.83 bits per heavy atom. The first kappa shape index (κ1) is 21.0. The first-order valence-electron chi connectivity index (χ1n) is 9.84. The molecule has 6 nitrogen and oxygen atoms in total. The van der Waals surface area contributed by atoms with Crippen LogP contribution in [0.5, 0.6) is 0 Å². The molecule has 3 rings (SSSR count). The molecule has 1 aromatic carbocycles. The molecule has 0 aliphatic heterocycles. The topological polar surface area (TPSA) is 70.2 Å². The van der Waals surface area contributed by atoms with Gasteiger partial charge in [0.2, 0.25) is 0 Å². The predicted molar refractivity (Wildman–Crippen MR) is 109 cm³/mol. The van der Waals surface area contributed by atoms with Gasteiger partial charge in [0.05, 0.1) is 0 Å². The van der Waals surface area contributed by atoms with E-state index in [2.05, 4.69) is 20.6 Å². The van der Waals surface area contributed by atoms with Crippen LogP contribution in [0.1, 0.15) is 41.9 Å². The zero-order chi connectivity index (χ0) is 21.0. The molecule has 0 radical (unpaired) electrons. The number of benzene rings is 1. The molecule has 156 valence electrons. The second-order valence-electron chi connectivity index (χ2n) is 7.75. The quantitative estimate of drug-likeness (QED) is 0.772. The van der Waals surface area contributed by atoms with E-state index < -0.39 is 11.6 Å². The van der Waals surface area contributed by atoms with E-state index in [-0.39, 0.29) is 11.5 Å². The molecule has 2 N–H and O–H groups in total. The van der Waals surface area contributed by atoms with Gasteiger partial charge in [0.1, 0.15) is 17.5 Å². The van der Waals surface area contributed by atoms with Gasteiger partial charge < -0.3 is 15.5 Å². The number of nitrogens with one attached hydrogen (secondary N) is 2. The number of rotatable bonds is 6. The van der Waals surface area contributed by atoms with E-state index in [4.69, 9.17) is 0 Å². The lowest BCUT2D eigenvalue weighted by Crippen LogP contribution is -2.34. The molecule has 0 saturated heterocycles. The van der Waals surface area contributed by atoms with Gasteiger partial charge in [-0.25, -0.2) is 18.7 Å². The summed E-state index contributed by atoms with van der Waals surface area (Å²) in [5.74, 6) is 0.450. The molecule has 1 aromatic heterocycles. The lowest BCUT2D eigenvalue weighted by atomic mass is 9.86. The van der Waals surface area contributed by atoms with Crippen LogP contribution in [-0.4, -0.2) is 42.6 Å². The van der Waals surface area contributed by atoms with E-state index in [0.717, 1.165) is 55.3 Å². The number of carbonyl (C=O) groups is 1. The Hall–Kier alpha value is -2.77. The number of carbonyl (C=O) groups excluding carboxylic acids is 1.